The fraction of sp³-hybridized carbons (Fsp3) is 0.133. The van der Waals surface area contributed by atoms with Crippen LogP contribution in [0.25, 0.3) is 0 Å². The van der Waals surface area contributed by atoms with E-state index >= 15 is 0 Å². The Balaban J connectivity index is 2.00. The summed E-state index contributed by atoms with van der Waals surface area (Å²) in [4.78, 5) is 12.5. The van der Waals surface area contributed by atoms with Crippen LogP contribution in [0.4, 0.5) is 5.69 Å². The van der Waals surface area contributed by atoms with Crippen molar-refractivity contribution < 1.29 is 13.7 Å². The van der Waals surface area contributed by atoms with Crippen molar-refractivity contribution in [2.45, 2.75) is 4.90 Å². The number of rotatable bonds is 5. The van der Waals surface area contributed by atoms with E-state index in [1.165, 1.54) is 6.07 Å². The lowest BCUT2D eigenvalue weighted by Crippen LogP contribution is -2.19. The molecule has 2 rings (SSSR count). The summed E-state index contributed by atoms with van der Waals surface area (Å²) in [6.07, 6.45) is 0. The Morgan fingerprint density at radius 2 is 1.86 bits per heavy atom. The van der Waals surface area contributed by atoms with Gasteiger partial charge in [-0.25, -0.2) is 0 Å². The lowest BCUT2D eigenvalue weighted by Gasteiger charge is -2.08. The molecule has 0 bridgehead atoms. The number of methoxy groups -OCH3 is 1. The summed E-state index contributed by atoms with van der Waals surface area (Å²) in [6.45, 7) is 0. The number of carbonyl (C=O) groups is 1. The molecule has 0 saturated carbocycles. The lowest BCUT2D eigenvalue weighted by molar-refractivity contribution is -0.113. The van der Waals surface area contributed by atoms with Crippen LogP contribution in [0.5, 0.6) is 5.75 Å². The average Bonchev–Trinajstić information content (AvgIpc) is 2.50. The molecule has 22 heavy (non-hydrogen) atoms. The maximum Gasteiger partial charge on any atom is 0.237 e. The number of ether oxygens (including phenoxy) is 1. The van der Waals surface area contributed by atoms with E-state index in [9.17, 15) is 9.00 Å². The summed E-state index contributed by atoms with van der Waals surface area (Å²) in [6, 6.07) is 11.5. The van der Waals surface area contributed by atoms with Gasteiger partial charge in [-0.2, -0.15) is 0 Å². The minimum atomic E-state index is -1.45. The van der Waals surface area contributed by atoms with E-state index < -0.39 is 16.7 Å². The average molecular weight is 358 g/mol. The second-order valence-corrected chi connectivity index (χ2v) is 6.63. The monoisotopic (exact) mass is 357 g/mol. The predicted octanol–water partition coefficient (Wildman–Crippen LogP) is 3.75. The third-order valence-electron chi connectivity index (χ3n) is 2.79. The summed E-state index contributed by atoms with van der Waals surface area (Å²) in [5.41, 5.74) is 0.433. The molecule has 0 aliphatic heterocycles. The molecule has 1 atom stereocenters. The van der Waals surface area contributed by atoms with Crippen molar-refractivity contribution >= 4 is 45.6 Å². The van der Waals surface area contributed by atoms with Crippen LogP contribution in [0.1, 0.15) is 0 Å². The molecule has 2 aromatic rings. The van der Waals surface area contributed by atoms with Gasteiger partial charge >= 0.3 is 0 Å². The molecule has 0 saturated heterocycles. The van der Waals surface area contributed by atoms with Crippen LogP contribution in [0.3, 0.4) is 0 Å². The fourth-order valence-corrected chi connectivity index (χ4v) is 3.08. The number of nitrogens with one attached hydrogen (secondary N) is 1. The quantitative estimate of drug-likeness (QED) is 0.886. The number of hydrogen-bond donors (Lipinski definition) is 1. The summed E-state index contributed by atoms with van der Waals surface area (Å²) in [7, 11) is 0.106. The van der Waals surface area contributed by atoms with Crippen LogP contribution in [-0.4, -0.2) is 23.0 Å². The Kier molecular flexibility index (Phi) is 5.83. The fourth-order valence-electron chi connectivity index (χ4n) is 1.71. The Hall–Kier alpha value is -1.56. The van der Waals surface area contributed by atoms with E-state index in [4.69, 9.17) is 27.9 Å². The van der Waals surface area contributed by atoms with Crippen LogP contribution < -0.4 is 10.1 Å². The van der Waals surface area contributed by atoms with Crippen molar-refractivity contribution in [2.24, 2.45) is 0 Å². The van der Waals surface area contributed by atoms with E-state index in [-0.39, 0.29) is 5.75 Å². The van der Waals surface area contributed by atoms with Crippen molar-refractivity contribution in [1.82, 2.24) is 0 Å². The number of halogens is 2. The van der Waals surface area contributed by atoms with Crippen LogP contribution in [-0.2, 0) is 15.6 Å². The van der Waals surface area contributed by atoms with Crippen LogP contribution in [0.15, 0.2) is 47.4 Å². The van der Waals surface area contributed by atoms with E-state index in [1.54, 1.807) is 43.5 Å². The van der Waals surface area contributed by atoms with Crippen molar-refractivity contribution in [2.75, 3.05) is 18.2 Å². The predicted molar refractivity (Wildman–Crippen MR) is 89.4 cm³/mol. The second kappa shape index (κ2) is 7.63. The number of benzene rings is 2. The molecule has 4 nitrogen and oxygen atoms in total. The minimum absolute atomic E-state index is 0.161. The van der Waals surface area contributed by atoms with Crippen LogP contribution in [0.2, 0.25) is 10.0 Å². The third kappa shape index (κ3) is 4.47. The molecule has 0 aliphatic carbocycles. The Bertz CT molecular complexity index is 704. The van der Waals surface area contributed by atoms with Gasteiger partial charge in [0.2, 0.25) is 5.91 Å². The first-order chi connectivity index (χ1) is 10.5. The van der Waals surface area contributed by atoms with Crippen LogP contribution >= 0.6 is 23.2 Å². The van der Waals surface area contributed by atoms with Gasteiger partial charge in [0.25, 0.3) is 0 Å². The highest BCUT2D eigenvalue weighted by Gasteiger charge is 2.12. The van der Waals surface area contributed by atoms with Gasteiger partial charge in [0.05, 0.1) is 28.6 Å². The van der Waals surface area contributed by atoms with Gasteiger partial charge in [-0.3, -0.25) is 9.00 Å². The highest BCUT2D eigenvalue weighted by molar-refractivity contribution is 7.85. The first-order valence-corrected chi connectivity index (χ1v) is 8.34. The molecular formula is C15H13Cl2NO3S. The Labute approximate surface area is 140 Å². The van der Waals surface area contributed by atoms with Crippen LogP contribution in [0, 0.1) is 0 Å². The van der Waals surface area contributed by atoms with E-state index in [1.807, 2.05) is 0 Å². The smallest absolute Gasteiger partial charge is 0.237 e. The Morgan fingerprint density at radius 3 is 2.45 bits per heavy atom. The van der Waals surface area contributed by atoms with E-state index in [0.29, 0.717) is 26.4 Å². The molecule has 1 amide bonds. The normalized spacial score (nSPS) is 11.8. The number of anilines is 1. The molecular weight excluding hydrogens is 345 g/mol. The zero-order valence-electron chi connectivity index (χ0n) is 11.6. The van der Waals surface area contributed by atoms with Gasteiger partial charge in [0.15, 0.2) is 0 Å². The first kappa shape index (κ1) is 16.8. The standard InChI is InChI=1S/C15H13Cl2NO3S/c1-21-11-3-5-12(6-4-11)22(20)9-15(19)18-14-7-2-10(16)8-13(14)17/h2-8H,9H2,1H3,(H,18,19)/t22-/m1/s1. The van der Waals surface area contributed by atoms with Crippen molar-refractivity contribution in [1.29, 1.82) is 0 Å². The number of carbonyl (C=O) groups excluding carboxylic acids is 1. The SMILES string of the molecule is COc1ccc([S@](=O)CC(=O)Nc2ccc(Cl)cc2Cl)cc1. The molecule has 116 valence electrons. The number of amides is 1. The highest BCUT2D eigenvalue weighted by Crippen LogP contribution is 2.25. The largest absolute Gasteiger partial charge is 0.497 e. The topological polar surface area (TPSA) is 55.4 Å². The molecule has 0 fully saturated rings. The van der Waals surface area contributed by atoms with Crippen molar-refractivity contribution in [3.05, 3.63) is 52.5 Å². The summed E-state index contributed by atoms with van der Waals surface area (Å²) in [5, 5.41) is 3.42. The maximum atomic E-state index is 12.1. The van der Waals surface area contributed by atoms with Gasteiger partial charge in [-0.1, -0.05) is 23.2 Å². The molecule has 0 heterocycles. The van der Waals surface area contributed by atoms with Gasteiger partial charge < -0.3 is 10.1 Å². The first-order valence-electron chi connectivity index (χ1n) is 6.27. The van der Waals surface area contributed by atoms with Gasteiger partial charge in [0, 0.05) is 9.92 Å². The molecule has 1 N–H and O–H groups in total. The van der Waals surface area contributed by atoms with Crippen molar-refractivity contribution in [3.8, 4) is 5.75 Å². The van der Waals surface area contributed by atoms with E-state index in [0.717, 1.165) is 0 Å². The lowest BCUT2D eigenvalue weighted by atomic mass is 10.3. The Morgan fingerprint density at radius 1 is 1.18 bits per heavy atom. The summed E-state index contributed by atoms with van der Waals surface area (Å²) >= 11 is 11.8. The highest BCUT2D eigenvalue weighted by atomic mass is 35.5. The van der Waals surface area contributed by atoms with Gasteiger partial charge in [-0.15, -0.1) is 0 Å². The molecule has 0 unspecified atom stereocenters. The maximum absolute atomic E-state index is 12.1. The van der Waals surface area contributed by atoms with Gasteiger partial charge in [0.1, 0.15) is 11.5 Å². The summed E-state index contributed by atoms with van der Waals surface area (Å²) in [5.74, 6) is 0.113. The molecule has 0 aromatic heterocycles. The minimum Gasteiger partial charge on any atom is -0.497 e. The molecule has 0 spiro atoms. The molecule has 0 aliphatic rings. The number of hydrogen-bond acceptors (Lipinski definition) is 3. The second-order valence-electron chi connectivity index (χ2n) is 4.34. The molecule has 0 radical (unpaired) electrons. The molecule has 2 aromatic carbocycles. The van der Waals surface area contributed by atoms with E-state index in [2.05, 4.69) is 5.32 Å². The summed E-state index contributed by atoms with van der Waals surface area (Å²) < 4.78 is 17.2. The zero-order chi connectivity index (χ0) is 16.1. The molecule has 7 heteroatoms. The third-order valence-corrected chi connectivity index (χ3v) is 4.66. The van der Waals surface area contributed by atoms with Crippen molar-refractivity contribution in [3.63, 3.8) is 0 Å². The van der Waals surface area contributed by atoms with Gasteiger partial charge in [-0.05, 0) is 42.5 Å². The zero-order valence-corrected chi connectivity index (χ0v) is 14.0.